The molecule has 2 N–H and O–H groups in total. The summed E-state index contributed by atoms with van der Waals surface area (Å²) in [5.41, 5.74) is 3.40. The number of carbonyl (C=O) groups is 1. The topological polar surface area (TPSA) is 59.0 Å². The Kier molecular flexibility index (Phi) is 5.15. The number of nitrogens with zero attached hydrogens (tertiary/aromatic N) is 2. The zero-order valence-corrected chi connectivity index (χ0v) is 11.1. The zero-order chi connectivity index (χ0) is 12.8. The summed E-state index contributed by atoms with van der Waals surface area (Å²) in [6, 6.07) is 0. The van der Waals surface area contributed by atoms with Crippen molar-refractivity contribution in [2.45, 2.75) is 40.3 Å². The van der Waals surface area contributed by atoms with Crippen LogP contribution >= 0.6 is 0 Å². The Morgan fingerprint density at radius 2 is 2.12 bits per heavy atom. The van der Waals surface area contributed by atoms with E-state index in [1.807, 2.05) is 32.5 Å². The molecule has 1 aromatic heterocycles. The first-order valence-electron chi connectivity index (χ1n) is 6.04. The number of aryl methyl sites for hydroxylation is 2. The third kappa shape index (κ3) is 3.56. The largest absolute Gasteiger partial charge is 0.356 e. The Hall–Kier alpha value is -1.36. The molecule has 1 rings (SSSR count). The summed E-state index contributed by atoms with van der Waals surface area (Å²) in [6.45, 7) is 8.11. The molecule has 0 atom stereocenters. The van der Waals surface area contributed by atoms with Crippen LogP contribution in [0, 0.1) is 13.8 Å². The lowest BCUT2D eigenvalue weighted by Gasteiger charge is -2.05. The summed E-state index contributed by atoms with van der Waals surface area (Å²) in [5.74, 6) is 0.0789. The quantitative estimate of drug-likeness (QED) is 0.768. The van der Waals surface area contributed by atoms with Gasteiger partial charge in [-0.15, -0.1) is 0 Å². The molecule has 1 amide bonds. The average molecular weight is 238 g/mol. The number of rotatable bonds is 6. The zero-order valence-electron chi connectivity index (χ0n) is 11.1. The van der Waals surface area contributed by atoms with Gasteiger partial charge in [0.1, 0.15) is 0 Å². The van der Waals surface area contributed by atoms with Gasteiger partial charge in [-0.05, 0) is 27.8 Å². The molecule has 0 fully saturated rings. The molecule has 0 aliphatic rings. The first-order valence-corrected chi connectivity index (χ1v) is 6.04. The van der Waals surface area contributed by atoms with Crippen molar-refractivity contribution in [3.63, 3.8) is 0 Å². The van der Waals surface area contributed by atoms with E-state index in [-0.39, 0.29) is 5.91 Å². The standard InChI is InChI=1S/C12H22N4O/c1-5-14-12(17)6-7-16-10(3)11(8-13-4)9(2)15-16/h13H,5-8H2,1-4H3,(H,14,17). The van der Waals surface area contributed by atoms with Crippen LogP contribution < -0.4 is 10.6 Å². The van der Waals surface area contributed by atoms with Crippen LogP contribution in [-0.4, -0.2) is 29.3 Å². The van der Waals surface area contributed by atoms with E-state index in [0.717, 1.165) is 17.9 Å². The van der Waals surface area contributed by atoms with Crippen LogP contribution in [0.3, 0.4) is 0 Å². The molecule has 0 saturated heterocycles. The maximum Gasteiger partial charge on any atom is 0.221 e. The van der Waals surface area contributed by atoms with Crippen molar-refractivity contribution in [1.82, 2.24) is 20.4 Å². The van der Waals surface area contributed by atoms with Gasteiger partial charge in [0.05, 0.1) is 5.69 Å². The monoisotopic (exact) mass is 238 g/mol. The molecule has 17 heavy (non-hydrogen) atoms. The molecule has 0 unspecified atom stereocenters. The fourth-order valence-corrected chi connectivity index (χ4v) is 1.88. The SMILES string of the molecule is CCNC(=O)CCn1nc(C)c(CNC)c1C. The minimum Gasteiger partial charge on any atom is -0.356 e. The summed E-state index contributed by atoms with van der Waals surface area (Å²) >= 11 is 0. The van der Waals surface area contributed by atoms with Gasteiger partial charge in [-0.25, -0.2) is 0 Å². The van der Waals surface area contributed by atoms with E-state index in [9.17, 15) is 4.79 Å². The highest BCUT2D eigenvalue weighted by atomic mass is 16.1. The smallest absolute Gasteiger partial charge is 0.221 e. The van der Waals surface area contributed by atoms with Gasteiger partial charge in [-0.1, -0.05) is 0 Å². The molecule has 0 radical (unpaired) electrons. The van der Waals surface area contributed by atoms with Crippen LogP contribution in [0.5, 0.6) is 0 Å². The Labute approximate surface area is 103 Å². The summed E-state index contributed by atoms with van der Waals surface area (Å²) in [7, 11) is 1.92. The Bertz CT molecular complexity index is 384. The van der Waals surface area contributed by atoms with Crippen molar-refractivity contribution in [3.8, 4) is 0 Å². The molecular formula is C12H22N4O. The average Bonchev–Trinajstić information content (AvgIpc) is 2.55. The van der Waals surface area contributed by atoms with Crippen LogP contribution in [0.2, 0.25) is 0 Å². The first-order chi connectivity index (χ1) is 8.10. The lowest BCUT2D eigenvalue weighted by atomic mass is 10.2. The van der Waals surface area contributed by atoms with Crippen LogP contribution in [-0.2, 0) is 17.9 Å². The van der Waals surface area contributed by atoms with E-state index in [0.29, 0.717) is 19.5 Å². The van der Waals surface area contributed by atoms with Crippen LogP contribution in [0.25, 0.3) is 0 Å². The Morgan fingerprint density at radius 1 is 1.41 bits per heavy atom. The van der Waals surface area contributed by atoms with Gasteiger partial charge in [0.2, 0.25) is 5.91 Å². The fraction of sp³-hybridized carbons (Fsp3) is 0.667. The number of aromatic nitrogens is 2. The van der Waals surface area contributed by atoms with E-state index >= 15 is 0 Å². The maximum absolute atomic E-state index is 11.4. The number of hydrogen-bond donors (Lipinski definition) is 2. The van der Waals surface area contributed by atoms with Gasteiger partial charge >= 0.3 is 0 Å². The maximum atomic E-state index is 11.4. The summed E-state index contributed by atoms with van der Waals surface area (Å²) in [6.07, 6.45) is 0.481. The highest BCUT2D eigenvalue weighted by molar-refractivity contribution is 5.75. The molecular weight excluding hydrogens is 216 g/mol. The molecule has 0 bridgehead atoms. The first kappa shape index (κ1) is 13.7. The summed E-state index contributed by atoms with van der Waals surface area (Å²) < 4.78 is 1.91. The predicted octanol–water partition coefficient (Wildman–Crippen LogP) is 0.746. The molecule has 0 aliphatic heterocycles. The van der Waals surface area contributed by atoms with Crippen molar-refractivity contribution in [1.29, 1.82) is 0 Å². The van der Waals surface area contributed by atoms with E-state index in [2.05, 4.69) is 15.7 Å². The van der Waals surface area contributed by atoms with Gasteiger partial charge < -0.3 is 10.6 Å². The Balaban J connectivity index is 2.66. The highest BCUT2D eigenvalue weighted by Gasteiger charge is 2.11. The van der Waals surface area contributed by atoms with Crippen molar-refractivity contribution in [3.05, 3.63) is 17.0 Å². The third-order valence-electron chi connectivity index (χ3n) is 2.81. The predicted molar refractivity (Wildman–Crippen MR) is 67.8 cm³/mol. The van der Waals surface area contributed by atoms with Crippen molar-refractivity contribution in [2.24, 2.45) is 0 Å². The minimum absolute atomic E-state index is 0.0789. The molecule has 5 nitrogen and oxygen atoms in total. The van der Waals surface area contributed by atoms with Gasteiger partial charge in [0.15, 0.2) is 0 Å². The van der Waals surface area contributed by atoms with Gasteiger partial charge in [0, 0.05) is 37.3 Å². The molecule has 0 spiro atoms. The van der Waals surface area contributed by atoms with Crippen molar-refractivity contribution in [2.75, 3.05) is 13.6 Å². The number of nitrogens with one attached hydrogen (secondary N) is 2. The molecule has 0 aliphatic carbocycles. The second kappa shape index (κ2) is 6.39. The second-order valence-corrected chi connectivity index (χ2v) is 4.11. The van der Waals surface area contributed by atoms with E-state index in [1.165, 1.54) is 5.56 Å². The summed E-state index contributed by atoms with van der Waals surface area (Å²) in [5, 5.41) is 10.4. The highest BCUT2D eigenvalue weighted by Crippen LogP contribution is 2.12. The third-order valence-corrected chi connectivity index (χ3v) is 2.81. The molecule has 0 aromatic carbocycles. The lowest BCUT2D eigenvalue weighted by molar-refractivity contribution is -0.121. The van der Waals surface area contributed by atoms with Crippen LogP contribution in [0.4, 0.5) is 0 Å². The van der Waals surface area contributed by atoms with E-state index < -0.39 is 0 Å². The number of amides is 1. The fourth-order valence-electron chi connectivity index (χ4n) is 1.88. The van der Waals surface area contributed by atoms with Crippen LogP contribution in [0.1, 0.15) is 30.3 Å². The van der Waals surface area contributed by atoms with Crippen molar-refractivity contribution < 1.29 is 4.79 Å². The normalized spacial score (nSPS) is 10.6. The molecule has 96 valence electrons. The molecule has 1 aromatic rings. The van der Waals surface area contributed by atoms with Gasteiger partial charge in [0.25, 0.3) is 0 Å². The minimum atomic E-state index is 0.0789. The molecule has 5 heteroatoms. The number of hydrogen-bond acceptors (Lipinski definition) is 3. The van der Waals surface area contributed by atoms with E-state index in [4.69, 9.17) is 0 Å². The van der Waals surface area contributed by atoms with Crippen molar-refractivity contribution >= 4 is 5.91 Å². The lowest BCUT2D eigenvalue weighted by Crippen LogP contribution is -2.24. The number of carbonyl (C=O) groups excluding carboxylic acids is 1. The van der Waals surface area contributed by atoms with Gasteiger partial charge in [-0.2, -0.15) is 5.10 Å². The molecule has 0 saturated carbocycles. The molecule has 1 heterocycles. The summed E-state index contributed by atoms with van der Waals surface area (Å²) in [4.78, 5) is 11.4. The van der Waals surface area contributed by atoms with Crippen LogP contribution in [0.15, 0.2) is 0 Å². The van der Waals surface area contributed by atoms with E-state index in [1.54, 1.807) is 0 Å². The Morgan fingerprint density at radius 3 is 2.71 bits per heavy atom. The van der Waals surface area contributed by atoms with Gasteiger partial charge in [-0.3, -0.25) is 9.48 Å². The second-order valence-electron chi connectivity index (χ2n) is 4.11.